The summed E-state index contributed by atoms with van der Waals surface area (Å²) in [6, 6.07) is 11.5. The number of carbonyl (C=O) groups is 1. The number of hydrogen-bond acceptors (Lipinski definition) is 4. The topological polar surface area (TPSA) is 56.0 Å². The molecule has 27 heavy (non-hydrogen) atoms. The third-order valence-electron chi connectivity index (χ3n) is 6.34. The third kappa shape index (κ3) is 3.16. The SMILES string of the molecule is CCC(C)(C)C1CCc2nc3sc(C(=O)c4ccccc4)c(N)c3cc2C1. The monoisotopic (exact) mass is 378 g/mol. The van der Waals surface area contributed by atoms with Crippen molar-refractivity contribution in [2.75, 3.05) is 5.73 Å². The summed E-state index contributed by atoms with van der Waals surface area (Å²) in [6.07, 6.45) is 4.43. The van der Waals surface area contributed by atoms with Crippen LogP contribution in [0.1, 0.15) is 60.1 Å². The number of ketones is 1. The minimum atomic E-state index is -0.0148. The second-order valence-corrected chi connectivity index (χ2v) is 9.27. The summed E-state index contributed by atoms with van der Waals surface area (Å²) in [6.45, 7) is 7.00. The Morgan fingerprint density at radius 1 is 1.30 bits per heavy atom. The van der Waals surface area contributed by atoms with Crippen molar-refractivity contribution in [2.24, 2.45) is 11.3 Å². The maximum absolute atomic E-state index is 12.9. The molecule has 0 saturated carbocycles. The maximum Gasteiger partial charge on any atom is 0.205 e. The minimum absolute atomic E-state index is 0.0148. The average molecular weight is 379 g/mol. The van der Waals surface area contributed by atoms with Crippen molar-refractivity contribution in [3.05, 3.63) is 58.1 Å². The summed E-state index contributed by atoms with van der Waals surface area (Å²) >= 11 is 1.42. The number of anilines is 1. The summed E-state index contributed by atoms with van der Waals surface area (Å²) in [5, 5.41) is 0.938. The number of pyridine rings is 1. The van der Waals surface area contributed by atoms with Gasteiger partial charge in [-0.1, -0.05) is 57.5 Å². The molecule has 1 unspecified atom stereocenters. The first-order valence-electron chi connectivity index (χ1n) is 9.71. The van der Waals surface area contributed by atoms with Gasteiger partial charge >= 0.3 is 0 Å². The molecule has 1 atom stereocenters. The molecule has 1 aliphatic rings. The predicted octanol–water partition coefficient (Wildman–Crippen LogP) is 5.65. The molecule has 2 heterocycles. The first-order valence-corrected chi connectivity index (χ1v) is 10.5. The van der Waals surface area contributed by atoms with Gasteiger partial charge < -0.3 is 5.73 Å². The normalized spacial score (nSPS) is 17.1. The first-order chi connectivity index (χ1) is 12.9. The van der Waals surface area contributed by atoms with Crippen LogP contribution in [0.4, 0.5) is 5.69 Å². The fraction of sp³-hybridized carbons (Fsp3) is 0.391. The fourth-order valence-corrected chi connectivity index (χ4v) is 5.09. The van der Waals surface area contributed by atoms with E-state index in [9.17, 15) is 4.79 Å². The molecule has 0 saturated heterocycles. The average Bonchev–Trinajstić information content (AvgIpc) is 3.01. The van der Waals surface area contributed by atoms with Crippen LogP contribution in [-0.4, -0.2) is 10.8 Å². The van der Waals surface area contributed by atoms with Crippen molar-refractivity contribution in [2.45, 2.75) is 46.5 Å². The van der Waals surface area contributed by atoms with Gasteiger partial charge in [-0.2, -0.15) is 0 Å². The van der Waals surface area contributed by atoms with E-state index in [0.29, 0.717) is 27.5 Å². The number of benzene rings is 1. The summed E-state index contributed by atoms with van der Waals surface area (Å²) in [5.41, 5.74) is 10.5. The molecule has 2 N–H and O–H groups in total. The third-order valence-corrected chi connectivity index (χ3v) is 7.46. The number of aryl methyl sites for hydroxylation is 1. The molecule has 1 aliphatic carbocycles. The molecule has 3 aromatic rings. The molecule has 0 radical (unpaired) electrons. The molecule has 0 amide bonds. The standard InChI is InChI=1S/C23H26N2OS/c1-4-23(2,3)16-10-11-18-15(12-16)13-17-19(24)21(27-22(17)25-18)20(26)14-8-6-5-7-9-14/h5-9,13,16H,4,10-12,24H2,1-3H3. The lowest BCUT2D eigenvalue weighted by atomic mass is 9.69. The summed E-state index contributed by atoms with van der Waals surface area (Å²) in [5.74, 6) is 0.651. The number of aromatic nitrogens is 1. The van der Waals surface area contributed by atoms with Crippen LogP contribution in [0.15, 0.2) is 36.4 Å². The van der Waals surface area contributed by atoms with Crippen LogP contribution in [0.5, 0.6) is 0 Å². The number of nitrogens with zero attached hydrogens (tertiary/aromatic N) is 1. The van der Waals surface area contributed by atoms with Gasteiger partial charge in [0, 0.05) is 16.6 Å². The first kappa shape index (κ1) is 18.2. The zero-order valence-corrected chi connectivity index (χ0v) is 17.0. The molecule has 1 aromatic carbocycles. The van der Waals surface area contributed by atoms with Gasteiger partial charge in [0.25, 0.3) is 0 Å². The molecule has 2 aromatic heterocycles. The van der Waals surface area contributed by atoms with Gasteiger partial charge in [0.1, 0.15) is 9.71 Å². The Balaban J connectivity index is 1.74. The van der Waals surface area contributed by atoms with Crippen LogP contribution in [0, 0.1) is 11.3 Å². The number of thiophene rings is 1. The van der Waals surface area contributed by atoms with Crippen molar-refractivity contribution >= 4 is 33.0 Å². The molecule has 0 bridgehead atoms. The lowest BCUT2D eigenvalue weighted by Crippen LogP contribution is -2.29. The van der Waals surface area contributed by atoms with Gasteiger partial charge in [-0.15, -0.1) is 11.3 Å². The molecule has 140 valence electrons. The van der Waals surface area contributed by atoms with Gasteiger partial charge in [-0.3, -0.25) is 4.79 Å². The molecular formula is C23H26N2OS. The smallest absolute Gasteiger partial charge is 0.205 e. The largest absolute Gasteiger partial charge is 0.397 e. The molecular weight excluding hydrogens is 352 g/mol. The van der Waals surface area contributed by atoms with E-state index in [4.69, 9.17) is 10.7 Å². The minimum Gasteiger partial charge on any atom is -0.397 e. The van der Waals surface area contributed by atoms with Crippen molar-refractivity contribution in [1.82, 2.24) is 4.98 Å². The molecule has 0 spiro atoms. The van der Waals surface area contributed by atoms with Crippen LogP contribution in [-0.2, 0) is 12.8 Å². The van der Waals surface area contributed by atoms with Crippen molar-refractivity contribution in [1.29, 1.82) is 0 Å². The Bertz CT molecular complexity index is 1000. The van der Waals surface area contributed by atoms with Crippen LogP contribution in [0.3, 0.4) is 0 Å². The second-order valence-electron chi connectivity index (χ2n) is 8.27. The highest BCUT2D eigenvalue weighted by molar-refractivity contribution is 7.21. The molecule has 0 fully saturated rings. The summed E-state index contributed by atoms with van der Waals surface area (Å²) in [7, 11) is 0. The maximum atomic E-state index is 12.9. The van der Waals surface area contributed by atoms with Crippen LogP contribution < -0.4 is 5.73 Å². The fourth-order valence-electron chi connectivity index (χ4n) is 4.04. The van der Waals surface area contributed by atoms with E-state index in [2.05, 4.69) is 26.8 Å². The van der Waals surface area contributed by atoms with Gasteiger partial charge in [-0.25, -0.2) is 4.98 Å². The van der Waals surface area contributed by atoms with Crippen molar-refractivity contribution < 1.29 is 4.79 Å². The zero-order valence-electron chi connectivity index (χ0n) is 16.2. The Labute approximate surface area is 164 Å². The van der Waals surface area contributed by atoms with E-state index in [1.54, 1.807) is 0 Å². The van der Waals surface area contributed by atoms with Crippen LogP contribution >= 0.6 is 11.3 Å². The Kier molecular flexibility index (Phi) is 4.55. The van der Waals surface area contributed by atoms with Crippen molar-refractivity contribution in [3.63, 3.8) is 0 Å². The van der Waals surface area contributed by atoms with Crippen LogP contribution in [0.25, 0.3) is 10.2 Å². The predicted molar refractivity (Wildman–Crippen MR) is 113 cm³/mol. The molecule has 4 rings (SSSR count). The summed E-state index contributed by atoms with van der Waals surface area (Å²) < 4.78 is 0. The highest BCUT2D eigenvalue weighted by Crippen LogP contribution is 2.42. The van der Waals surface area contributed by atoms with Gasteiger partial charge in [0.2, 0.25) is 5.78 Å². The molecule has 4 heteroatoms. The number of hydrogen-bond donors (Lipinski definition) is 1. The molecule has 3 nitrogen and oxygen atoms in total. The second kappa shape index (κ2) is 6.75. The van der Waals surface area contributed by atoms with Crippen molar-refractivity contribution in [3.8, 4) is 0 Å². The Morgan fingerprint density at radius 3 is 2.74 bits per heavy atom. The van der Waals surface area contributed by atoms with E-state index in [-0.39, 0.29) is 5.78 Å². The lowest BCUT2D eigenvalue weighted by Gasteiger charge is -2.36. The van der Waals surface area contributed by atoms with E-state index in [1.165, 1.54) is 35.4 Å². The van der Waals surface area contributed by atoms with Gasteiger partial charge in [0.15, 0.2) is 0 Å². The zero-order chi connectivity index (χ0) is 19.2. The number of fused-ring (bicyclic) bond motifs is 2. The van der Waals surface area contributed by atoms with Gasteiger partial charge in [0.05, 0.1) is 5.69 Å². The molecule has 0 aliphatic heterocycles. The Morgan fingerprint density at radius 2 is 2.04 bits per heavy atom. The Hall–Kier alpha value is -2.20. The van der Waals surface area contributed by atoms with E-state index < -0.39 is 0 Å². The highest BCUT2D eigenvalue weighted by Gasteiger charge is 2.32. The number of carbonyl (C=O) groups excluding carboxylic acids is 1. The quantitative estimate of drug-likeness (QED) is 0.597. The highest BCUT2D eigenvalue weighted by atomic mass is 32.1. The van der Waals surface area contributed by atoms with Gasteiger partial charge in [-0.05, 0) is 42.2 Å². The van der Waals surface area contributed by atoms with Crippen LogP contribution in [0.2, 0.25) is 0 Å². The number of nitrogen functional groups attached to an aromatic ring is 1. The van der Waals surface area contributed by atoms with E-state index >= 15 is 0 Å². The number of nitrogens with two attached hydrogens (primary N) is 1. The lowest BCUT2D eigenvalue weighted by molar-refractivity contribution is 0.104. The van der Waals surface area contributed by atoms with E-state index in [0.717, 1.165) is 23.1 Å². The summed E-state index contributed by atoms with van der Waals surface area (Å²) in [4.78, 5) is 19.3. The number of rotatable bonds is 4. The van der Waals surface area contributed by atoms with E-state index in [1.807, 2.05) is 30.3 Å².